The SMILES string of the molecule is CN(Cc1cccs1)Cc1cc2ccccc2nc1NN. The van der Waals surface area contributed by atoms with E-state index in [0.29, 0.717) is 0 Å². The van der Waals surface area contributed by atoms with E-state index < -0.39 is 0 Å². The fourth-order valence-electron chi connectivity index (χ4n) is 2.42. The smallest absolute Gasteiger partial charge is 0.145 e. The Balaban J connectivity index is 1.84. The molecule has 1 aromatic carbocycles. The first-order valence-electron chi connectivity index (χ1n) is 6.82. The first kappa shape index (κ1) is 14.0. The molecule has 0 atom stereocenters. The van der Waals surface area contributed by atoms with Crippen LogP contribution in [0.5, 0.6) is 0 Å². The van der Waals surface area contributed by atoms with E-state index in [1.165, 1.54) is 4.88 Å². The van der Waals surface area contributed by atoms with Crippen LogP contribution in [0.2, 0.25) is 0 Å². The van der Waals surface area contributed by atoms with Gasteiger partial charge in [0.25, 0.3) is 0 Å². The van der Waals surface area contributed by atoms with E-state index in [2.05, 4.69) is 52.0 Å². The summed E-state index contributed by atoms with van der Waals surface area (Å²) in [5.74, 6) is 6.37. The molecule has 3 N–H and O–H groups in total. The second-order valence-corrected chi connectivity index (χ2v) is 6.12. The lowest BCUT2D eigenvalue weighted by atomic mass is 10.1. The van der Waals surface area contributed by atoms with Gasteiger partial charge < -0.3 is 5.43 Å². The highest BCUT2D eigenvalue weighted by Gasteiger charge is 2.09. The predicted molar refractivity (Wildman–Crippen MR) is 89.0 cm³/mol. The van der Waals surface area contributed by atoms with Crippen LogP contribution in [0, 0.1) is 0 Å². The second kappa shape index (κ2) is 6.22. The average Bonchev–Trinajstić information content (AvgIpc) is 2.99. The molecule has 3 rings (SSSR count). The van der Waals surface area contributed by atoms with Crippen molar-refractivity contribution in [2.75, 3.05) is 12.5 Å². The Labute approximate surface area is 128 Å². The summed E-state index contributed by atoms with van der Waals surface area (Å²) in [7, 11) is 2.11. The Kier molecular flexibility index (Phi) is 4.15. The van der Waals surface area contributed by atoms with Crippen LogP contribution < -0.4 is 11.3 Å². The lowest BCUT2D eigenvalue weighted by Gasteiger charge is -2.18. The van der Waals surface area contributed by atoms with Crippen molar-refractivity contribution < 1.29 is 0 Å². The molecule has 0 radical (unpaired) electrons. The molecule has 0 spiro atoms. The maximum Gasteiger partial charge on any atom is 0.145 e. The number of hydrogen-bond donors (Lipinski definition) is 2. The summed E-state index contributed by atoms with van der Waals surface area (Å²) in [6, 6.07) is 14.5. The lowest BCUT2D eigenvalue weighted by molar-refractivity contribution is 0.322. The number of nitrogen functional groups attached to an aromatic ring is 1. The number of para-hydroxylation sites is 1. The van der Waals surface area contributed by atoms with Crippen LogP contribution in [-0.2, 0) is 13.1 Å². The fourth-order valence-corrected chi connectivity index (χ4v) is 3.20. The van der Waals surface area contributed by atoms with Crippen molar-refractivity contribution in [3.8, 4) is 0 Å². The molecule has 0 bridgehead atoms. The van der Waals surface area contributed by atoms with Gasteiger partial charge in [-0.3, -0.25) is 4.90 Å². The molecule has 3 aromatic rings. The van der Waals surface area contributed by atoms with Gasteiger partial charge in [0.2, 0.25) is 0 Å². The summed E-state index contributed by atoms with van der Waals surface area (Å²) in [6.45, 7) is 1.73. The first-order chi connectivity index (χ1) is 10.3. The number of nitrogens with zero attached hydrogens (tertiary/aromatic N) is 2. The van der Waals surface area contributed by atoms with Gasteiger partial charge >= 0.3 is 0 Å². The number of thiophene rings is 1. The molecular weight excluding hydrogens is 280 g/mol. The number of fused-ring (bicyclic) bond motifs is 1. The summed E-state index contributed by atoms with van der Waals surface area (Å²) in [5.41, 5.74) is 4.78. The van der Waals surface area contributed by atoms with E-state index >= 15 is 0 Å². The highest BCUT2D eigenvalue weighted by Crippen LogP contribution is 2.22. The molecule has 4 nitrogen and oxygen atoms in total. The topological polar surface area (TPSA) is 54.2 Å². The molecule has 0 amide bonds. The normalized spacial score (nSPS) is 11.2. The zero-order valence-corrected chi connectivity index (χ0v) is 12.7. The van der Waals surface area contributed by atoms with Crippen molar-refractivity contribution in [2.45, 2.75) is 13.1 Å². The number of benzene rings is 1. The molecule has 2 aromatic heterocycles. The number of nitrogens with one attached hydrogen (secondary N) is 1. The predicted octanol–water partition coefficient (Wildman–Crippen LogP) is 3.21. The second-order valence-electron chi connectivity index (χ2n) is 5.08. The first-order valence-corrected chi connectivity index (χ1v) is 7.70. The van der Waals surface area contributed by atoms with Crippen molar-refractivity contribution in [1.82, 2.24) is 9.88 Å². The van der Waals surface area contributed by atoms with E-state index in [1.54, 1.807) is 11.3 Å². The summed E-state index contributed by atoms with van der Waals surface area (Å²) in [6.07, 6.45) is 0. The van der Waals surface area contributed by atoms with Crippen LogP contribution in [0.4, 0.5) is 5.82 Å². The van der Waals surface area contributed by atoms with Gasteiger partial charge in [0.1, 0.15) is 5.82 Å². The van der Waals surface area contributed by atoms with Crippen molar-refractivity contribution in [1.29, 1.82) is 0 Å². The fraction of sp³-hybridized carbons (Fsp3) is 0.188. The quantitative estimate of drug-likeness (QED) is 0.561. The molecule has 0 aliphatic heterocycles. The average molecular weight is 298 g/mol. The standard InChI is InChI=1S/C16H18N4S/c1-20(11-14-6-4-8-21-14)10-13-9-12-5-2-3-7-15(12)18-16(13)19-17/h2-9H,10-11,17H2,1H3,(H,18,19). The minimum absolute atomic E-state index is 0.742. The molecule has 0 fully saturated rings. The number of rotatable bonds is 5. The number of hydrazine groups is 1. The van der Waals surface area contributed by atoms with E-state index in [0.717, 1.165) is 35.4 Å². The van der Waals surface area contributed by atoms with Gasteiger partial charge in [-0.1, -0.05) is 24.3 Å². The molecule has 2 heterocycles. The van der Waals surface area contributed by atoms with Gasteiger partial charge in [0.15, 0.2) is 0 Å². The van der Waals surface area contributed by atoms with Crippen LogP contribution in [0.1, 0.15) is 10.4 Å². The Morgan fingerprint density at radius 3 is 2.81 bits per heavy atom. The Morgan fingerprint density at radius 1 is 1.19 bits per heavy atom. The van der Waals surface area contributed by atoms with Crippen LogP contribution in [0.15, 0.2) is 47.8 Å². The molecule has 0 aliphatic rings. The Morgan fingerprint density at radius 2 is 2.05 bits per heavy atom. The maximum absolute atomic E-state index is 5.62. The van der Waals surface area contributed by atoms with Crippen LogP contribution in [0.25, 0.3) is 10.9 Å². The minimum Gasteiger partial charge on any atom is -0.308 e. The number of hydrogen-bond acceptors (Lipinski definition) is 5. The highest BCUT2D eigenvalue weighted by atomic mass is 32.1. The summed E-state index contributed by atoms with van der Waals surface area (Å²) in [5, 5.41) is 3.24. The molecule has 0 unspecified atom stereocenters. The van der Waals surface area contributed by atoms with Gasteiger partial charge in [-0.15, -0.1) is 11.3 Å². The largest absolute Gasteiger partial charge is 0.308 e. The van der Waals surface area contributed by atoms with Crippen molar-refractivity contribution in [3.63, 3.8) is 0 Å². The molecule has 108 valence electrons. The van der Waals surface area contributed by atoms with Gasteiger partial charge in [-0.05, 0) is 30.6 Å². The van der Waals surface area contributed by atoms with E-state index in [4.69, 9.17) is 5.84 Å². The third-order valence-corrected chi connectivity index (χ3v) is 4.25. The molecule has 0 saturated heterocycles. The van der Waals surface area contributed by atoms with E-state index in [-0.39, 0.29) is 0 Å². The van der Waals surface area contributed by atoms with Crippen molar-refractivity contribution in [2.24, 2.45) is 5.84 Å². The summed E-state index contributed by atoms with van der Waals surface area (Å²) in [4.78, 5) is 8.20. The van der Waals surface area contributed by atoms with Gasteiger partial charge in [0.05, 0.1) is 5.52 Å². The molecule has 0 aliphatic carbocycles. The van der Waals surface area contributed by atoms with Crippen molar-refractivity contribution in [3.05, 3.63) is 58.3 Å². The number of pyridine rings is 1. The number of aromatic nitrogens is 1. The van der Waals surface area contributed by atoms with Crippen LogP contribution >= 0.6 is 11.3 Å². The molecular formula is C16H18N4S. The zero-order valence-electron chi connectivity index (χ0n) is 11.9. The summed E-state index contributed by atoms with van der Waals surface area (Å²) < 4.78 is 0. The third-order valence-electron chi connectivity index (χ3n) is 3.39. The maximum atomic E-state index is 5.62. The monoisotopic (exact) mass is 298 g/mol. The molecule has 21 heavy (non-hydrogen) atoms. The Bertz CT molecular complexity index is 724. The lowest BCUT2D eigenvalue weighted by Crippen LogP contribution is -2.19. The van der Waals surface area contributed by atoms with Crippen LogP contribution in [-0.4, -0.2) is 16.9 Å². The highest BCUT2D eigenvalue weighted by molar-refractivity contribution is 7.09. The molecule has 0 saturated carbocycles. The van der Waals surface area contributed by atoms with Gasteiger partial charge in [0, 0.05) is 28.9 Å². The van der Waals surface area contributed by atoms with Gasteiger partial charge in [-0.2, -0.15) is 0 Å². The number of nitrogens with two attached hydrogens (primary N) is 1. The van der Waals surface area contributed by atoms with Crippen LogP contribution in [0.3, 0.4) is 0 Å². The van der Waals surface area contributed by atoms with E-state index in [9.17, 15) is 0 Å². The zero-order chi connectivity index (χ0) is 14.7. The van der Waals surface area contributed by atoms with Crippen molar-refractivity contribution >= 4 is 28.1 Å². The number of anilines is 1. The summed E-state index contributed by atoms with van der Waals surface area (Å²) >= 11 is 1.78. The minimum atomic E-state index is 0.742. The Hall–Kier alpha value is -1.95. The molecule has 5 heteroatoms. The third kappa shape index (κ3) is 3.21. The van der Waals surface area contributed by atoms with E-state index in [1.807, 2.05) is 18.2 Å². The van der Waals surface area contributed by atoms with Gasteiger partial charge in [-0.25, -0.2) is 10.8 Å².